The zero-order valence-electron chi connectivity index (χ0n) is 10.6. The van der Waals surface area contributed by atoms with Crippen LogP contribution < -0.4 is 11.1 Å². The average molecular weight is 214 g/mol. The van der Waals surface area contributed by atoms with Crippen LogP contribution in [-0.4, -0.2) is 36.0 Å². The molecule has 0 radical (unpaired) electrons. The van der Waals surface area contributed by atoms with E-state index in [9.17, 15) is 0 Å². The average Bonchev–Trinajstić information content (AvgIpc) is 2.08. The lowest BCUT2D eigenvalue weighted by Crippen LogP contribution is -2.41. The van der Waals surface area contributed by atoms with Crippen molar-refractivity contribution in [3.63, 3.8) is 0 Å². The number of hydrogen-bond donors (Lipinski definition) is 3. The number of nitrogens with two attached hydrogens (primary N) is 1. The number of rotatable bonds is 6. The molecular formula is C11H26N4. The lowest BCUT2D eigenvalue weighted by atomic mass is 10.1. The molecule has 0 rings (SSSR count). The van der Waals surface area contributed by atoms with Gasteiger partial charge in [0.2, 0.25) is 0 Å². The molecule has 90 valence electrons. The Labute approximate surface area is 93.7 Å². The van der Waals surface area contributed by atoms with E-state index in [1.165, 1.54) is 0 Å². The van der Waals surface area contributed by atoms with Gasteiger partial charge in [-0.05, 0) is 40.2 Å². The van der Waals surface area contributed by atoms with E-state index in [4.69, 9.17) is 11.1 Å². The summed E-state index contributed by atoms with van der Waals surface area (Å²) in [4.78, 5) is 1.92. The third-order valence-electron chi connectivity index (χ3n) is 2.09. The van der Waals surface area contributed by atoms with Gasteiger partial charge < -0.3 is 16.0 Å². The normalized spacial score (nSPS) is 11.5. The minimum Gasteiger partial charge on any atom is -0.370 e. The highest BCUT2D eigenvalue weighted by Gasteiger charge is 2.09. The van der Waals surface area contributed by atoms with Crippen molar-refractivity contribution in [1.29, 1.82) is 5.41 Å². The molecule has 0 saturated carbocycles. The first-order valence-corrected chi connectivity index (χ1v) is 5.71. The predicted octanol–water partition coefficient (Wildman–Crippen LogP) is 1.37. The second kappa shape index (κ2) is 6.67. The molecule has 0 aromatic heterocycles. The molecule has 0 unspecified atom stereocenters. The van der Waals surface area contributed by atoms with Crippen molar-refractivity contribution in [1.82, 2.24) is 10.2 Å². The second-order valence-corrected chi connectivity index (χ2v) is 4.90. The van der Waals surface area contributed by atoms with Crippen molar-refractivity contribution < 1.29 is 0 Å². The van der Waals surface area contributed by atoms with Crippen molar-refractivity contribution in [2.75, 3.05) is 19.6 Å². The van der Waals surface area contributed by atoms with Gasteiger partial charge in [-0.3, -0.25) is 5.41 Å². The zero-order valence-corrected chi connectivity index (χ0v) is 10.6. The van der Waals surface area contributed by atoms with Gasteiger partial charge in [-0.1, -0.05) is 6.92 Å². The maximum absolute atomic E-state index is 7.40. The molecule has 4 heteroatoms. The Balaban J connectivity index is 3.67. The quantitative estimate of drug-likeness (QED) is 0.355. The fourth-order valence-electron chi connectivity index (χ4n) is 1.36. The summed E-state index contributed by atoms with van der Waals surface area (Å²) in [5, 5.41) is 10.8. The van der Waals surface area contributed by atoms with Crippen LogP contribution in [0.2, 0.25) is 0 Å². The largest absolute Gasteiger partial charge is 0.370 e. The van der Waals surface area contributed by atoms with Gasteiger partial charge in [-0.2, -0.15) is 0 Å². The van der Waals surface area contributed by atoms with Crippen LogP contribution in [0.15, 0.2) is 0 Å². The van der Waals surface area contributed by atoms with Crippen LogP contribution in [-0.2, 0) is 0 Å². The van der Waals surface area contributed by atoms with Gasteiger partial charge in [0.1, 0.15) is 0 Å². The minimum atomic E-state index is 0.172. The Kier molecular flexibility index (Phi) is 6.32. The molecule has 0 atom stereocenters. The van der Waals surface area contributed by atoms with Crippen molar-refractivity contribution >= 4 is 5.96 Å². The van der Waals surface area contributed by atoms with Gasteiger partial charge >= 0.3 is 0 Å². The van der Waals surface area contributed by atoms with Crippen molar-refractivity contribution in [2.24, 2.45) is 5.73 Å². The van der Waals surface area contributed by atoms with E-state index >= 15 is 0 Å². The Morgan fingerprint density at radius 3 is 2.33 bits per heavy atom. The molecule has 4 nitrogen and oxygen atoms in total. The van der Waals surface area contributed by atoms with Crippen molar-refractivity contribution in [3.05, 3.63) is 0 Å². The Morgan fingerprint density at radius 2 is 1.93 bits per heavy atom. The van der Waals surface area contributed by atoms with Gasteiger partial charge in [0.05, 0.1) is 0 Å². The number of hydrogen-bond acceptors (Lipinski definition) is 2. The molecule has 4 N–H and O–H groups in total. The first-order valence-electron chi connectivity index (χ1n) is 5.71. The van der Waals surface area contributed by atoms with Crippen LogP contribution in [0.4, 0.5) is 0 Å². The maximum Gasteiger partial charge on any atom is 0.188 e. The fourth-order valence-corrected chi connectivity index (χ4v) is 1.36. The molecule has 15 heavy (non-hydrogen) atoms. The molecule has 0 bridgehead atoms. The summed E-state index contributed by atoms with van der Waals surface area (Å²) in [5.74, 6) is 0.188. The molecule has 0 amide bonds. The lowest BCUT2D eigenvalue weighted by Gasteiger charge is -2.24. The Bertz CT molecular complexity index is 184. The molecule has 0 spiro atoms. The summed E-state index contributed by atoms with van der Waals surface area (Å²) in [6, 6.07) is 0. The molecule has 0 aliphatic rings. The smallest absolute Gasteiger partial charge is 0.188 e. The van der Waals surface area contributed by atoms with E-state index in [2.05, 4.69) is 33.0 Å². The third kappa shape index (κ3) is 8.24. The topological polar surface area (TPSA) is 65.1 Å². The van der Waals surface area contributed by atoms with Crippen LogP contribution in [0.3, 0.4) is 0 Å². The van der Waals surface area contributed by atoms with Gasteiger partial charge in [-0.15, -0.1) is 0 Å². The van der Waals surface area contributed by atoms with Crippen molar-refractivity contribution in [3.8, 4) is 0 Å². The second-order valence-electron chi connectivity index (χ2n) is 4.90. The predicted molar refractivity (Wildman–Crippen MR) is 66.2 cm³/mol. The number of guanidine groups is 1. The summed E-state index contributed by atoms with van der Waals surface area (Å²) >= 11 is 0. The molecule has 0 aliphatic heterocycles. The third-order valence-corrected chi connectivity index (χ3v) is 2.09. The van der Waals surface area contributed by atoms with Crippen molar-refractivity contribution in [2.45, 2.75) is 46.1 Å². The summed E-state index contributed by atoms with van der Waals surface area (Å²) < 4.78 is 0. The van der Waals surface area contributed by atoms with Crippen LogP contribution in [0.25, 0.3) is 0 Å². The number of nitrogens with zero attached hydrogens (tertiary/aromatic N) is 1. The molecule has 0 aliphatic carbocycles. The molecule has 0 aromatic rings. The molecule has 0 saturated heterocycles. The highest BCUT2D eigenvalue weighted by molar-refractivity contribution is 5.74. The van der Waals surface area contributed by atoms with E-state index in [0.29, 0.717) is 0 Å². The highest BCUT2D eigenvalue weighted by atomic mass is 15.2. The van der Waals surface area contributed by atoms with Gasteiger partial charge in [0, 0.05) is 18.6 Å². The van der Waals surface area contributed by atoms with E-state index in [1.54, 1.807) is 0 Å². The SMILES string of the molecule is CCCN(CCCNC(C)(C)C)C(=N)N. The minimum absolute atomic E-state index is 0.172. The van der Waals surface area contributed by atoms with Gasteiger partial charge in [0.15, 0.2) is 5.96 Å². The van der Waals surface area contributed by atoms with Crippen LogP contribution >= 0.6 is 0 Å². The summed E-state index contributed by atoms with van der Waals surface area (Å²) in [6.07, 6.45) is 2.06. The van der Waals surface area contributed by atoms with E-state index < -0.39 is 0 Å². The van der Waals surface area contributed by atoms with Crippen LogP contribution in [0, 0.1) is 5.41 Å². The summed E-state index contributed by atoms with van der Waals surface area (Å²) in [6.45, 7) is 11.3. The van der Waals surface area contributed by atoms with Crippen LogP contribution in [0.1, 0.15) is 40.5 Å². The van der Waals surface area contributed by atoms with E-state index in [1.807, 2.05) is 4.90 Å². The standard InChI is InChI=1S/C11H26N4/c1-5-8-15(10(12)13)9-6-7-14-11(2,3)4/h14H,5-9H2,1-4H3,(H3,12,13). The lowest BCUT2D eigenvalue weighted by molar-refractivity contribution is 0.369. The Morgan fingerprint density at radius 1 is 1.33 bits per heavy atom. The maximum atomic E-state index is 7.40. The molecule has 0 heterocycles. The Hall–Kier alpha value is -0.770. The number of nitrogens with one attached hydrogen (secondary N) is 2. The fraction of sp³-hybridized carbons (Fsp3) is 0.909. The molecule has 0 fully saturated rings. The van der Waals surface area contributed by atoms with Gasteiger partial charge in [-0.25, -0.2) is 0 Å². The van der Waals surface area contributed by atoms with E-state index in [0.717, 1.165) is 32.5 Å². The zero-order chi connectivity index (χ0) is 11.9. The first kappa shape index (κ1) is 14.2. The molecular weight excluding hydrogens is 188 g/mol. The van der Waals surface area contributed by atoms with Crippen LogP contribution in [0.5, 0.6) is 0 Å². The molecule has 0 aromatic carbocycles. The monoisotopic (exact) mass is 214 g/mol. The first-order chi connectivity index (χ1) is 6.87. The summed E-state index contributed by atoms with van der Waals surface area (Å²) in [7, 11) is 0. The highest BCUT2D eigenvalue weighted by Crippen LogP contribution is 1.99. The van der Waals surface area contributed by atoms with E-state index in [-0.39, 0.29) is 11.5 Å². The van der Waals surface area contributed by atoms with Gasteiger partial charge in [0.25, 0.3) is 0 Å². The summed E-state index contributed by atoms with van der Waals surface area (Å²) in [5.41, 5.74) is 5.65.